The van der Waals surface area contributed by atoms with E-state index in [4.69, 9.17) is 16.9 Å². The van der Waals surface area contributed by atoms with E-state index in [9.17, 15) is 18.0 Å². The molecule has 0 heterocycles. The fraction of sp³-hybridized carbons (Fsp3) is 0.125. The lowest BCUT2D eigenvalue weighted by molar-refractivity contribution is -0.137. The van der Waals surface area contributed by atoms with Crippen LogP contribution in [0.4, 0.5) is 24.5 Å². The third-order valence-electron chi connectivity index (χ3n) is 3.03. The third-order valence-corrected chi connectivity index (χ3v) is 3.36. The molecule has 0 atom stereocenters. The molecule has 0 radical (unpaired) electrons. The highest BCUT2D eigenvalue weighted by Gasteiger charge is 2.30. The zero-order valence-corrected chi connectivity index (χ0v) is 12.9. The summed E-state index contributed by atoms with van der Waals surface area (Å²) in [5.74, 6) is -0.465. The lowest BCUT2D eigenvalue weighted by Crippen LogP contribution is -2.22. The molecule has 0 saturated carbocycles. The first-order valence-electron chi connectivity index (χ1n) is 6.70. The number of halogens is 4. The Morgan fingerprint density at radius 2 is 1.83 bits per heavy atom. The average Bonchev–Trinajstić information content (AvgIpc) is 2.53. The lowest BCUT2D eigenvalue weighted by Gasteiger charge is -2.12. The SMILES string of the molecule is N#Cc1ccc(NC(=O)CNc2cc(C(F)(F)F)ccc2Cl)cc1. The van der Waals surface area contributed by atoms with Crippen LogP contribution in [0.5, 0.6) is 0 Å². The van der Waals surface area contributed by atoms with Gasteiger partial charge in [-0.3, -0.25) is 4.79 Å². The minimum absolute atomic E-state index is 0.0153. The number of anilines is 2. The normalized spacial score (nSPS) is 10.8. The predicted octanol–water partition coefficient (Wildman–Crippen LogP) is 4.28. The number of benzene rings is 2. The van der Waals surface area contributed by atoms with Crippen LogP contribution in [0.3, 0.4) is 0 Å². The molecule has 8 heteroatoms. The second-order valence-corrected chi connectivity index (χ2v) is 5.19. The van der Waals surface area contributed by atoms with Crippen molar-refractivity contribution in [2.45, 2.75) is 6.18 Å². The fourth-order valence-corrected chi connectivity index (χ4v) is 2.03. The number of carbonyl (C=O) groups excluding carboxylic acids is 1. The molecule has 0 saturated heterocycles. The van der Waals surface area contributed by atoms with Gasteiger partial charge in [0.05, 0.1) is 34.5 Å². The number of nitriles is 1. The van der Waals surface area contributed by atoms with Crippen LogP contribution in [-0.2, 0) is 11.0 Å². The molecule has 4 nitrogen and oxygen atoms in total. The summed E-state index contributed by atoms with van der Waals surface area (Å²) in [6.45, 7) is -0.263. The van der Waals surface area contributed by atoms with Gasteiger partial charge < -0.3 is 10.6 Å². The van der Waals surface area contributed by atoms with Crippen molar-refractivity contribution in [3.8, 4) is 6.07 Å². The molecule has 124 valence electrons. The number of amides is 1. The van der Waals surface area contributed by atoms with E-state index < -0.39 is 17.6 Å². The Morgan fingerprint density at radius 3 is 2.42 bits per heavy atom. The van der Waals surface area contributed by atoms with E-state index in [1.54, 1.807) is 12.1 Å². The Balaban J connectivity index is 1.99. The van der Waals surface area contributed by atoms with Crippen LogP contribution in [0, 0.1) is 11.3 Å². The van der Waals surface area contributed by atoms with E-state index in [1.807, 2.05) is 6.07 Å². The first kappa shape index (κ1) is 17.6. The van der Waals surface area contributed by atoms with Gasteiger partial charge in [0.1, 0.15) is 0 Å². The molecule has 2 aromatic carbocycles. The van der Waals surface area contributed by atoms with E-state index in [0.717, 1.165) is 18.2 Å². The van der Waals surface area contributed by atoms with Crippen molar-refractivity contribution in [3.05, 3.63) is 58.6 Å². The van der Waals surface area contributed by atoms with E-state index >= 15 is 0 Å². The number of alkyl halides is 3. The standard InChI is InChI=1S/C16H11ClF3N3O/c17-13-6-3-11(16(18,19)20)7-14(13)22-9-15(24)23-12-4-1-10(8-21)2-5-12/h1-7,22H,9H2,(H,23,24). The summed E-state index contributed by atoms with van der Waals surface area (Å²) in [5, 5.41) is 13.9. The Morgan fingerprint density at radius 1 is 1.17 bits per heavy atom. The van der Waals surface area contributed by atoms with E-state index in [1.165, 1.54) is 12.1 Å². The Kier molecular flexibility index (Phi) is 5.31. The average molecular weight is 354 g/mol. The van der Waals surface area contributed by atoms with Gasteiger partial charge in [-0.2, -0.15) is 18.4 Å². The van der Waals surface area contributed by atoms with Gasteiger partial charge in [-0.05, 0) is 42.5 Å². The smallest absolute Gasteiger partial charge is 0.375 e. The monoisotopic (exact) mass is 353 g/mol. The van der Waals surface area contributed by atoms with Crippen molar-refractivity contribution >= 4 is 28.9 Å². The first-order chi connectivity index (χ1) is 11.3. The molecule has 0 aromatic heterocycles. The summed E-state index contributed by atoms with van der Waals surface area (Å²) in [5.41, 5.74) is 0.0705. The second-order valence-electron chi connectivity index (χ2n) is 4.78. The van der Waals surface area contributed by atoms with E-state index in [2.05, 4.69) is 10.6 Å². The predicted molar refractivity (Wildman–Crippen MR) is 84.7 cm³/mol. The van der Waals surface area contributed by atoms with Gasteiger partial charge in [-0.15, -0.1) is 0 Å². The summed E-state index contributed by atoms with van der Waals surface area (Å²) in [6.07, 6.45) is -4.49. The van der Waals surface area contributed by atoms with E-state index in [-0.39, 0.29) is 17.3 Å². The second kappa shape index (κ2) is 7.23. The molecule has 0 unspecified atom stereocenters. The molecule has 0 aliphatic heterocycles. The molecule has 0 spiro atoms. The zero-order chi connectivity index (χ0) is 17.7. The third kappa shape index (κ3) is 4.64. The molecular weight excluding hydrogens is 343 g/mol. The van der Waals surface area contributed by atoms with Crippen molar-refractivity contribution in [3.63, 3.8) is 0 Å². The largest absolute Gasteiger partial charge is 0.416 e. The van der Waals surface area contributed by atoms with Crippen LogP contribution in [-0.4, -0.2) is 12.5 Å². The highest BCUT2D eigenvalue weighted by Crippen LogP contribution is 2.33. The Labute approximate surface area is 140 Å². The van der Waals surface area contributed by atoms with E-state index in [0.29, 0.717) is 11.3 Å². The van der Waals surface area contributed by atoms with Gasteiger partial charge in [0, 0.05) is 5.69 Å². The van der Waals surface area contributed by atoms with Crippen LogP contribution in [0.25, 0.3) is 0 Å². The molecule has 2 rings (SSSR count). The van der Waals surface area contributed by atoms with Crippen LogP contribution >= 0.6 is 11.6 Å². The molecular formula is C16H11ClF3N3O. The lowest BCUT2D eigenvalue weighted by atomic mass is 10.2. The Bertz CT molecular complexity index is 783. The highest BCUT2D eigenvalue weighted by molar-refractivity contribution is 6.33. The molecule has 2 N–H and O–H groups in total. The maximum atomic E-state index is 12.7. The van der Waals surface area contributed by atoms with Crippen molar-refractivity contribution in [1.82, 2.24) is 0 Å². The zero-order valence-electron chi connectivity index (χ0n) is 12.1. The molecule has 24 heavy (non-hydrogen) atoms. The van der Waals surface area contributed by atoms with Gasteiger partial charge in [-0.1, -0.05) is 11.6 Å². The maximum absolute atomic E-state index is 12.7. The number of hydrogen-bond acceptors (Lipinski definition) is 3. The van der Waals surface area contributed by atoms with Crippen LogP contribution in [0.1, 0.15) is 11.1 Å². The number of hydrogen-bond donors (Lipinski definition) is 2. The quantitative estimate of drug-likeness (QED) is 0.862. The minimum atomic E-state index is -4.49. The van der Waals surface area contributed by atoms with Crippen molar-refractivity contribution in [2.75, 3.05) is 17.2 Å². The molecule has 0 aliphatic rings. The maximum Gasteiger partial charge on any atom is 0.416 e. The molecule has 0 bridgehead atoms. The number of nitrogens with zero attached hydrogens (tertiary/aromatic N) is 1. The van der Waals surface area contributed by atoms with Gasteiger partial charge in [-0.25, -0.2) is 0 Å². The molecule has 0 fully saturated rings. The van der Waals surface area contributed by atoms with Gasteiger partial charge in [0.25, 0.3) is 0 Å². The molecule has 2 aromatic rings. The van der Waals surface area contributed by atoms with Crippen LogP contribution < -0.4 is 10.6 Å². The fourth-order valence-electron chi connectivity index (χ4n) is 1.85. The van der Waals surface area contributed by atoms with Crippen molar-refractivity contribution in [2.24, 2.45) is 0 Å². The Hall–Kier alpha value is -2.72. The molecule has 1 amide bonds. The summed E-state index contributed by atoms with van der Waals surface area (Å²) >= 11 is 5.83. The first-order valence-corrected chi connectivity index (χ1v) is 7.08. The summed E-state index contributed by atoms with van der Waals surface area (Å²) in [7, 11) is 0. The number of nitrogens with one attached hydrogen (secondary N) is 2. The molecule has 0 aliphatic carbocycles. The van der Waals surface area contributed by atoms with Crippen molar-refractivity contribution in [1.29, 1.82) is 5.26 Å². The van der Waals surface area contributed by atoms with Gasteiger partial charge in [0.2, 0.25) is 5.91 Å². The summed E-state index contributed by atoms with van der Waals surface area (Å²) in [6, 6.07) is 10.9. The van der Waals surface area contributed by atoms with Gasteiger partial charge >= 0.3 is 6.18 Å². The van der Waals surface area contributed by atoms with Crippen molar-refractivity contribution < 1.29 is 18.0 Å². The summed E-state index contributed by atoms with van der Waals surface area (Å²) < 4.78 is 38.0. The number of carbonyl (C=O) groups is 1. The number of rotatable bonds is 4. The minimum Gasteiger partial charge on any atom is -0.375 e. The summed E-state index contributed by atoms with van der Waals surface area (Å²) in [4.78, 5) is 11.8. The van der Waals surface area contributed by atoms with Gasteiger partial charge in [0.15, 0.2) is 0 Å². The topological polar surface area (TPSA) is 64.9 Å². The van der Waals surface area contributed by atoms with Crippen LogP contribution in [0.15, 0.2) is 42.5 Å². The highest BCUT2D eigenvalue weighted by atomic mass is 35.5. The van der Waals surface area contributed by atoms with Crippen LogP contribution in [0.2, 0.25) is 5.02 Å².